The first-order valence-electron chi connectivity index (χ1n) is 4.18. The number of aromatic nitrogens is 2. The Morgan fingerprint density at radius 2 is 2.23 bits per heavy atom. The highest BCUT2D eigenvalue weighted by Gasteiger charge is 2.12. The van der Waals surface area contributed by atoms with Crippen LogP contribution >= 0.6 is 11.3 Å². The standard InChI is InChI=1S/C9H11N3S/c1-5(2)8-7(10)6-3-11-4-12-9(6)13-8/h3-5H,10H2,1-2H3. The number of anilines is 1. The molecule has 3 nitrogen and oxygen atoms in total. The van der Waals surface area contributed by atoms with Crippen LogP contribution in [0.4, 0.5) is 5.69 Å². The Balaban J connectivity index is 2.74. The molecule has 0 saturated carbocycles. The van der Waals surface area contributed by atoms with Gasteiger partial charge < -0.3 is 5.73 Å². The summed E-state index contributed by atoms with van der Waals surface area (Å²) in [5.41, 5.74) is 6.81. The van der Waals surface area contributed by atoms with Gasteiger partial charge in [0, 0.05) is 11.1 Å². The van der Waals surface area contributed by atoms with Crippen molar-refractivity contribution in [2.24, 2.45) is 0 Å². The van der Waals surface area contributed by atoms with Gasteiger partial charge in [-0.25, -0.2) is 9.97 Å². The van der Waals surface area contributed by atoms with Gasteiger partial charge in [0.25, 0.3) is 0 Å². The number of nitrogen functional groups attached to an aromatic ring is 1. The number of fused-ring (bicyclic) bond motifs is 1. The van der Waals surface area contributed by atoms with Crippen LogP contribution in [0.1, 0.15) is 24.6 Å². The second-order valence-electron chi connectivity index (χ2n) is 3.28. The largest absolute Gasteiger partial charge is 0.397 e. The minimum atomic E-state index is 0.458. The van der Waals surface area contributed by atoms with E-state index < -0.39 is 0 Å². The average Bonchev–Trinajstić information content (AvgIpc) is 2.45. The maximum absolute atomic E-state index is 5.97. The van der Waals surface area contributed by atoms with E-state index in [1.54, 1.807) is 23.9 Å². The lowest BCUT2D eigenvalue weighted by Gasteiger charge is -2.00. The molecule has 0 spiro atoms. The minimum Gasteiger partial charge on any atom is -0.397 e. The van der Waals surface area contributed by atoms with Crippen molar-refractivity contribution in [1.82, 2.24) is 9.97 Å². The fourth-order valence-corrected chi connectivity index (χ4v) is 2.34. The van der Waals surface area contributed by atoms with Gasteiger partial charge >= 0.3 is 0 Å². The summed E-state index contributed by atoms with van der Waals surface area (Å²) in [7, 11) is 0. The molecule has 0 aliphatic carbocycles. The second kappa shape index (κ2) is 2.96. The molecule has 0 atom stereocenters. The van der Waals surface area contributed by atoms with Crippen molar-refractivity contribution in [3.05, 3.63) is 17.4 Å². The van der Waals surface area contributed by atoms with Crippen molar-refractivity contribution in [3.8, 4) is 0 Å². The Morgan fingerprint density at radius 3 is 2.85 bits per heavy atom. The van der Waals surface area contributed by atoms with Crippen LogP contribution in [0.2, 0.25) is 0 Å². The molecule has 0 bridgehead atoms. The van der Waals surface area contributed by atoms with Gasteiger partial charge in [-0.3, -0.25) is 0 Å². The van der Waals surface area contributed by atoms with E-state index in [4.69, 9.17) is 5.73 Å². The summed E-state index contributed by atoms with van der Waals surface area (Å²) in [6.07, 6.45) is 3.34. The van der Waals surface area contributed by atoms with Crippen molar-refractivity contribution < 1.29 is 0 Å². The third kappa shape index (κ3) is 1.27. The number of hydrogen-bond donors (Lipinski definition) is 1. The van der Waals surface area contributed by atoms with Crippen LogP contribution in [-0.4, -0.2) is 9.97 Å². The number of nitrogens with two attached hydrogens (primary N) is 1. The highest BCUT2D eigenvalue weighted by Crippen LogP contribution is 2.36. The van der Waals surface area contributed by atoms with Crippen molar-refractivity contribution in [2.45, 2.75) is 19.8 Å². The third-order valence-corrected chi connectivity index (χ3v) is 3.39. The normalized spacial score (nSPS) is 11.3. The van der Waals surface area contributed by atoms with E-state index >= 15 is 0 Å². The molecule has 0 amide bonds. The number of hydrogen-bond acceptors (Lipinski definition) is 4. The third-order valence-electron chi connectivity index (χ3n) is 1.96. The molecule has 13 heavy (non-hydrogen) atoms. The van der Waals surface area contributed by atoms with Gasteiger partial charge in [0.15, 0.2) is 0 Å². The quantitative estimate of drug-likeness (QED) is 0.756. The van der Waals surface area contributed by atoms with Crippen molar-refractivity contribution >= 4 is 27.2 Å². The molecule has 2 rings (SSSR count). The summed E-state index contributed by atoms with van der Waals surface area (Å²) in [6.45, 7) is 4.27. The van der Waals surface area contributed by atoms with Gasteiger partial charge in [0.1, 0.15) is 11.2 Å². The van der Waals surface area contributed by atoms with Crippen LogP contribution in [0.3, 0.4) is 0 Å². The fourth-order valence-electron chi connectivity index (χ4n) is 1.31. The first kappa shape index (κ1) is 8.44. The Labute approximate surface area is 80.6 Å². The van der Waals surface area contributed by atoms with E-state index in [-0.39, 0.29) is 0 Å². The van der Waals surface area contributed by atoms with Crippen molar-refractivity contribution in [2.75, 3.05) is 5.73 Å². The zero-order valence-electron chi connectivity index (χ0n) is 7.61. The van der Waals surface area contributed by atoms with Gasteiger partial charge in [0.05, 0.1) is 11.1 Å². The Morgan fingerprint density at radius 1 is 1.46 bits per heavy atom. The van der Waals surface area contributed by atoms with E-state index in [2.05, 4.69) is 23.8 Å². The molecule has 68 valence electrons. The predicted octanol–water partition coefficient (Wildman–Crippen LogP) is 2.40. The summed E-state index contributed by atoms with van der Waals surface area (Å²) in [5.74, 6) is 0.458. The molecule has 4 heteroatoms. The van der Waals surface area contributed by atoms with E-state index in [1.807, 2.05) is 0 Å². The van der Waals surface area contributed by atoms with E-state index in [1.165, 1.54) is 4.88 Å². The monoisotopic (exact) mass is 193 g/mol. The number of thiophene rings is 1. The lowest BCUT2D eigenvalue weighted by atomic mass is 10.1. The summed E-state index contributed by atoms with van der Waals surface area (Å²) < 4.78 is 0. The smallest absolute Gasteiger partial charge is 0.129 e. The van der Waals surface area contributed by atoms with Crippen LogP contribution in [0.15, 0.2) is 12.5 Å². The molecule has 0 aromatic carbocycles. The number of nitrogens with zero attached hydrogens (tertiary/aromatic N) is 2. The lowest BCUT2D eigenvalue weighted by molar-refractivity contribution is 0.893. The lowest BCUT2D eigenvalue weighted by Crippen LogP contribution is -1.90. The van der Waals surface area contributed by atoms with Crippen LogP contribution in [-0.2, 0) is 0 Å². The van der Waals surface area contributed by atoms with Crippen molar-refractivity contribution in [1.29, 1.82) is 0 Å². The van der Waals surface area contributed by atoms with Crippen LogP contribution in [0, 0.1) is 0 Å². The van der Waals surface area contributed by atoms with Crippen LogP contribution in [0.5, 0.6) is 0 Å². The highest BCUT2D eigenvalue weighted by atomic mass is 32.1. The highest BCUT2D eigenvalue weighted by molar-refractivity contribution is 7.19. The summed E-state index contributed by atoms with van der Waals surface area (Å²) in [5, 5.41) is 0.983. The summed E-state index contributed by atoms with van der Waals surface area (Å²) in [4.78, 5) is 10.3. The average molecular weight is 193 g/mol. The van der Waals surface area contributed by atoms with Crippen molar-refractivity contribution in [3.63, 3.8) is 0 Å². The molecule has 2 N–H and O–H groups in total. The molecular formula is C9H11N3S. The van der Waals surface area contributed by atoms with Gasteiger partial charge in [-0.05, 0) is 5.92 Å². The maximum Gasteiger partial charge on any atom is 0.129 e. The zero-order valence-corrected chi connectivity index (χ0v) is 8.43. The second-order valence-corrected chi connectivity index (χ2v) is 4.31. The molecule has 2 heterocycles. The van der Waals surface area contributed by atoms with E-state index in [9.17, 15) is 0 Å². The zero-order chi connectivity index (χ0) is 9.42. The maximum atomic E-state index is 5.97. The summed E-state index contributed by atoms with van der Waals surface area (Å²) >= 11 is 1.66. The predicted molar refractivity (Wildman–Crippen MR) is 55.9 cm³/mol. The Bertz CT molecular complexity index is 433. The van der Waals surface area contributed by atoms with Crippen LogP contribution < -0.4 is 5.73 Å². The number of rotatable bonds is 1. The van der Waals surface area contributed by atoms with Gasteiger partial charge in [-0.2, -0.15) is 0 Å². The van der Waals surface area contributed by atoms with Gasteiger partial charge in [-0.15, -0.1) is 11.3 Å². The summed E-state index contributed by atoms with van der Waals surface area (Å²) in [6, 6.07) is 0. The molecule has 0 radical (unpaired) electrons. The van der Waals surface area contributed by atoms with E-state index in [0.29, 0.717) is 5.92 Å². The Kier molecular flexibility index (Phi) is 1.92. The van der Waals surface area contributed by atoms with Crippen LogP contribution in [0.25, 0.3) is 10.2 Å². The van der Waals surface area contributed by atoms with E-state index in [0.717, 1.165) is 15.9 Å². The molecule has 0 aliphatic rings. The topological polar surface area (TPSA) is 51.8 Å². The fraction of sp³-hybridized carbons (Fsp3) is 0.333. The molecule has 0 unspecified atom stereocenters. The molecule has 0 fully saturated rings. The molecule has 2 aromatic rings. The molecule has 0 aliphatic heterocycles. The SMILES string of the molecule is CC(C)c1sc2ncncc2c1N. The Hall–Kier alpha value is -1.16. The first-order chi connectivity index (χ1) is 6.20. The molecule has 2 aromatic heterocycles. The van der Waals surface area contributed by atoms with Gasteiger partial charge in [-0.1, -0.05) is 13.8 Å². The molecular weight excluding hydrogens is 182 g/mol. The first-order valence-corrected chi connectivity index (χ1v) is 4.99. The van der Waals surface area contributed by atoms with Gasteiger partial charge in [0.2, 0.25) is 0 Å². The minimum absolute atomic E-state index is 0.458. The molecule has 0 saturated heterocycles.